The van der Waals surface area contributed by atoms with Gasteiger partial charge in [-0.1, -0.05) is 55.8 Å². The third-order valence-corrected chi connectivity index (χ3v) is 4.67. The van der Waals surface area contributed by atoms with Crippen LogP contribution in [0.3, 0.4) is 0 Å². The van der Waals surface area contributed by atoms with Crippen molar-refractivity contribution in [3.05, 3.63) is 53.4 Å². The lowest BCUT2D eigenvalue weighted by Crippen LogP contribution is -2.36. The number of carboxylic acid groups (broad SMARTS) is 1. The lowest BCUT2D eigenvalue weighted by molar-refractivity contribution is -0.135. The summed E-state index contributed by atoms with van der Waals surface area (Å²) in [4.78, 5) is 35.3. The summed E-state index contributed by atoms with van der Waals surface area (Å²) in [6.07, 6.45) is 3.26. The number of benzene rings is 1. The first-order valence-corrected chi connectivity index (χ1v) is 11.9. The van der Waals surface area contributed by atoms with Crippen LogP contribution in [-0.4, -0.2) is 79.3 Å². The molecule has 0 aliphatic carbocycles. The Kier molecular flexibility index (Phi) is 15.6. The SMILES string of the molecule is CCC.CNCC(=O)O.O=CC(CCc1ccccc1)NC(=O)c1cc(CN2CCOCC2)on1. The highest BCUT2D eigenvalue weighted by atomic mass is 16.5. The Morgan fingerprint density at radius 3 is 2.40 bits per heavy atom. The fourth-order valence-electron chi connectivity index (χ4n) is 3.01. The van der Waals surface area contributed by atoms with Crippen LogP contribution in [0.5, 0.6) is 0 Å². The van der Waals surface area contributed by atoms with Gasteiger partial charge in [-0.2, -0.15) is 0 Å². The van der Waals surface area contributed by atoms with Crippen LogP contribution in [0.1, 0.15) is 48.5 Å². The number of nitrogens with zero attached hydrogens (tertiary/aromatic N) is 2. The summed E-state index contributed by atoms with van der Waals surface area (Å²) in [5.41, 5.74) is 1.32. The maximum Gasteiger partial charge on any atom is 0.317 e. The number of amides is 1. The molecule has 3 rings (SSSR count). The number of carbonyl (C=O) groups excluding carboxylic acids is 2. The van der Waals surface area contributed by atoms with Gasteiger partial charge in [-0.3, -0.25) is 14.5 Å². The molecule has 2 aromatic rings. The average molecular weight is 491 g/mol. The number of morpholine rings is 1. The lowest BCUT2D eigenvalue weighted by atomic mass is 10.1. The molecule has 1 aromatic heterocycles. The number of rotatable bonds is 10. The first kappa shape index (κ1) is 30.0. The van der Waals surface area contributed by atoms with Crippen LogP contribution in [-0.2, 0) is 27.3 Å². The molecule has 0 saturated carbocycles. The second-order valence-electron chi connectivity index (χ2n) is 7.94. The Hall–Kier alpha value is -3.08. The van der Waals surface area contributed by atoms with Crippen LogP contribution in [0.25, 0.3) is 0 Å². The van der Waals surface area contributed by atoms with E-state index in [2.05, 4.69) is 34.5 Å². The molecule has 1 aromatic carbocycles. The minimum Gasteiger partial charge on any atom is -0.480 e. The second kappa shape index (κ2) is 18.3. The van der Waals surface area contributed by atoms with E-state index in [4.69, 9.17) is 14.4 Å². The van der Waals surface area contributed by atoms with E-state index >= 15 is 0 Å². The highest BCUT2D eigenvalue weighted by molar-refractivity contribution is 5.93. The van der Waals surface area contributed by atoms with Gasteiger partial charge in [0.2, 0.25) is 0 Å². The molecule has 194 valence electrons. The van der Waals surface area contributed by atoms with Gasteiger partial charge in [0.05, 0.1) is 32.3 Å². The van der Waals surface area contributed by atoms with Crippen LogP contribution in [0.15, 0.2) is 40.9 Å². The Morgan fingerprint density at radius 1 is 1.20 bits per heavy atom. The zero-order chi connectivity index (χ0) is 25.9. The number of carboxylic acids is 1. The van der Waals surface area contributed by atoms with Crippen molar-refractivity contribution >= 4 is 18.2 Å². The topological polar surface area (TPSA) is 134 Å². The predicted molar refractivity (Wildman–Crippen MR) is 132 cm³/mol. The Bertz CT molecular complexity index is 853. The molecule has 35 heavy (non-hydrogen) atoms. The molecule has 2 heterocycles. The van der Waals surface area contributed by atoms with Crippen molar-refractivity contribution < 1.29 is 28.8 Å². The first-order chi connectivity index (χ1) is 16.9. The molecular formula is C25H38N4O6. The Balaban J connectivity index is 0.000000586. The fraction of sp³-hybridized carbons (Fsp3) is 0.520. The number of aryl methyl sites for hydroxylation is 1. The highest BCUT2D eigenvalue weighted by Gasteiger charge is 2.19. The van der Waals surface area contributed by atoms with E-state index in [0.717, 1.165) is 24.9 Å². The number of likely N-dealkylation sites (N-methyl/N-ethyl adjacent to an activating group) is 1. The summed E-state index contributed by atoms with van der Waals surface area (Å²) in [5.74, 6) is -0.589. The van der Waals surface area contributed by atoms with Crippen LogP contribution < -0.4 is 10.6 Å². The maximum absolute atomic E-state index is 12.3. The van der Waals surface area contributed by atoms with Gasteiger partial charge in [-0.15, -0.1) is 0 Å². The van der Waals surface area contributed by atoms with Crippen molar-refractivity contribution in [2.24, 2.45) is 0 Å². The molecule has 0 bridgehead atoms. The second-order valence-corrected chi connectivity index (χ2v) is 7.94. The van der Waals surface area contributed by atoms with E-state index in [1.165, 1.54) is 6.42 Å². The molecule has 1 saturated heterocycles. The van der Waals surface area contributed by atoms with Crippen molar-refractivity contribution in [1.82, 2.24) is 20.7 Å². The highest BCUT2D eigenvalue weighted by Crippen LogP contribution is 2.10. The van der Waals surface area contributed by atoms with Crippen molar-refractivity contribution in [2.75, 3.05) is 39.9 Å². The number of aldehydes is 1. The summed E-state index contributed by atoms with van der Waals surface area (Å²) in [5, 5.41) is 16.9. The van der Waals surface area contributed by atoms with E-state index in [0.29, 0.717) is 38.4 Å². The van der Waals surface area contributed by atoms with Gasteiger partial charge in [0.25, 0.3) is 5.91 Å². The normalized spacial score (nSPS) is 13.9. The first-order valence-electron chi connectivity index (χ1n) is 11.9. The van der Waals surface area contributed by atoms with Crippen molar-refractivity contribution in [3.8, 4) is 0 Å². The Labute approximate surface area is 207 Å². The van der Waals surface area contributed by atoms with Gasteiger partial charge in [-0.05, 0) is 25.5 Å². The van der Waals surface area contributed by atoms with Gasteiger partial charge in [0.1, 0.15) is 6.29 Å². The average Bonchev–Trinajstić information content (AvgIpc) is 3.32. The number of aliphatic carboxylic acids is 1. The summed E-state index contributed by atoms with van der Waals surface area (Å²) < 4.78 is 10.6. The van der Waals surface area contributed by atoms with Gasteiger partial charge in [-0.25, -0.2) is 0 Å². The monoisotopic (exact) mass is 490 g/mol. The minimum atomic E-state index is -0.822. The maximum atomic E-state index is 12.3. The van der Waals surface area contributed by atoms with E-state index in [9.17, 15) is 14.4 Å². The summed E-state index contributed by atoms with van der Waals surface area (Å²) in [6, 6.07) is 10.9. The van der Waals surface area contributed by atoms with Gasteiger partial charge in [0.15, 0.2) is 11.5 Å². The molecule has 0 spiro atoms. The van der Waals surface area contributed by atoms with E-state index in [1.54, 1.807) is 13.1 Å². The molecule has 10 heteroatoms. The van der Waals surface area contributed by atoms with Crippen LogP contribution in [0.2, 0.25) is 0 Å². The third kappa shape index (κ3) is 13.4. The smallest absolute Gasteiger partial charge is 0.317 e. The number of ether oxygens (including phenoxy) is 1. The minimum absolute atomic E-state index is 0.0417. The molecule has 1 fully saturated rings. The molecular weight excluding hydrogens is 452 g/mol. The molecule has 1 unspecified atom stereocenters. The van der Waals surface area contributed by atoms with Gasteiger partial charge >= 0.3 is 5.97 Å². The summed E-state index contributed by atoms with van der Waals surface area (Å²) in [7, 11) is 1.59. The number of hydrogen-bond donors (Lipinski definition) is 3. The number of nitrogens with one attached hydrogen (secondary N) is 2. The van der Waals surface area contributed by atoms with Gasteiger partial charge < -0.3 is 29.8 Å². The molecule has 1 aliphatic rings. The zero-order valence-electron chi connectivity index (χ0n) is 20.9. The van der Waals surface area contributed by atoms with Gasteiger partial charge in [0, 0.05) is 19.2 Å². The molecule has 3 N–H and O–H groups in total. The largest absolute Gasteiger partial charge is 0.480 e. The van der Waals surface area contributed by atoms with E-state index in [1.807, 2.05) is 30.3 Å². The zero-order valence-corrected chi connectivity index (χ0v) is 20.9. The molecule has 1 atom stereocenters. The summed E-state index contributed by atoms with van der Waals surface area (Å²) >= 11 is 0. The standard InChI is InChI=1S/C19H23N3O4.C3H7NO2.C3H8/c23-14-16(7-6-15-4-2-1-3-5-15)20-19(24)18-12-17(26-21-18)13-22-8-10-25-11-9-22;1-4-2-3(5)6;1-3-2/h1-5,12,14,16H,6-11,13H2,(H,20,24);4H,2H2,1H3,(H,5,6);3H2,1-2H3. The van der Waals surface area contributed by atoms with Crippen molar-refractivity contribution in [1.29, 1.82) is 0 Å². The van der Waals surface area contributed by atoms with Crippen LogP contribution >= 0.6 is 0 Å². The third-order valence-electron chi connectivity index (χ3n) is 4.67. The molecule has 1 aliphatic heterocycles. The van der Waals surface area contributed by atoms with Crippen molar-refractivity contribution in [2.45, 2.75) is 45.7 Å². The van der Waals surface area contributed by atoms with E-state index in [-0.39, 0.29) is 12.2 Å². The predicted octanol–water partition coefficient (Wildman–Crippen LogP) is 2.14. The number of aromatic nitrogens is 1. The summed E-state index contributed by atoms with van der Waals surface area (Å²) in [6.45, 7) is 7.94. The van der Waals surface area contributed by atoms with Crippen molar-refractivity contribution in [3.63, 3.8) is 0 Å². The number of carbonyl (C=O) groups is 3. The molecule has 10 nitrogen and oxygen atoms in total. The molecule has 1 amide bonds. The van der Waals surface area contributed by atoms with Crippen LogP contribution in [0.4, 0.5) is 0 Å². The molecule has 0 radical (unpaired) electrons. The fourth-order valence-corrected chi connectivity index (χ4v) is 3.01. The lowest BCUT2D eigenvalue weighted by Gasteiger charge is -2.25. The van der Waals surface area contributed by atoms with Crippen LogP contribution in [0, 0.1) is 0 Å². The van der Waals surface area contributed by atoms with E-state index < -0.39 is 17.9 Å². The number of hydrogen-bond acceptors (Lipinski definition) is 8. The quantitative estimate of drug-likeness (QED) is 0.428. The Morgan fingerprint density at radius 2 is 1.86 bits per heavy atom.